The Labute approximate surface area is 121 Å². The minimum absolute atomic E-state index is 0.0832. The third-order valence-electron chi connectivity index (χ3n) is 5.68. The van der Waals surface area contributed by atoms with E-state index in [2.05, 4.69) is 20.8 Å². The molecule has 19 heavy (non-hydrogen) atoms. The number of Topliss-reactive ketones (excluding diaryl/α,β-unsaturated/α-hetero) is 1. The van der Waals surface area contributed by atoms with Gasteiger partial charge in [0.25, 0.3) is 0 Å². The van der Waals surface area contributed by atoms with Crippen LogP contribution in [-0.4, -0.2) is 32.0 Å². The molecule has 0 aliphatic heterocycles. The summed E-state index contributed by atoms with van der Waals surface area (Å²) < 4.78 is 0. The summed E-state index contributed by atoms with van der Waals surface area (Å²) in [7, 11) is 0. The summed E-state index contributed by atoms with van der Waals surface area (Å²) in [6, 6.07) is 2.02. The molecule has 106 valence electrons. The van der Waals surface area contributed by atoms with E-state index in [0.29, 0.717) is 11.7 Å². The molecule has 0 heterocycles. The summed E-state index contributed by atoms with van der Waals surface area (Å²) in [6.07, 6.45) is 1.76. The van der Waals surface area contributed by atoms with Gasteiger partial charge in [-0.15, -0.1) is 0 Å². The number of hydrogen-bond acceptors (Lipinski definition) is 3. The van der Waals surface area contributed by atoms with Crippen molar-refractivity contribution in [3.05, 3.63) is 0 Å². The minimum atomic E-state index is -0.576. The van der Waals surface area contributed by atoms with Crippen LogP contribution in [0, 0.1) is 28.1 Å². The molecule has 0 radical (unpaired) electrons. The molecule has 5 atom stereocenters. The standard InChI is InChI=1S/C15H23NO2Se/c1-9(11(17)6-8-16)19-12-10-5-7-15(4,13(12)18)14(10,2)3/h9-12,17H,5-7H2,1-4H3/t9?,10-,11?,12+,15+/m1/s1. The second-order valence-corrected chi connectivity index (χ2v) is 9.95. The second-order valence-electron chi connectivity index (χ2n) is 6.75. The second kappa shape index (κ2) is 4.88. The number of fused-ring (bicyclic) bond motifs is 2. The van der Waals surface area contributed by atoms with Gasteiger partial charge in [-0.05, 0) is 0 Å². The van der Waals surface area contributed by atoms with E-state index in [-0.39, 0.29) is 41.8 Å². The molecule has 0 amide bonds. The van der Waals surface area contributed by atoms with E-state index >= 15 is 0 Å². The van der Waals surface area contributed by atoms with Crippen molar-refractivity contribution in [2.24, 2.45) is 16.7 Å². The molecule has 0 aromatic heterocycles. The van der Waals surface area contributed by atoms with Crippen LogP contribution in [0.4, 0.5) is 0 Å². The number of carbonyl (C=O) groups is 1. The maximum absolute atomic E-state index is 12.7. The number of nitriles is 1. The Morgan fingerprint density at radius 2 is 2.16 bits per heavy atom. The summed E-state index contributed by atoms with van der Waals surface area (Å²) in [5, 5.41) is 18.6. The molecule has 0 spiro atoms. The fourth-order valence-corrected chi connectivity index (χ4v) is 7.50. The van der Waals surface area contributed by atoms with Crippen molar-refractivity contribution in [2.75, 3.05) is 0 Å². The van der Waals surface area contributed by atoms with Gasteiger partial charge in [-0.1, -0.05) is 0 Å². The van der Waals surface area contributed by atoms with Gasteiger partial charge < -0.3 is 0 Å². The van der Waals surface area contributed by atoms with Gasteiger partial charge >= 0.3 is 121 Å². The normalized spacial score (nSPS) is 39.1. The number of nitrogens with zero attached hydrogens (tertiary/aromatic N) is 1. The van der Waals surface area contributed by atoms with Gasteiger partial charge in [-0.2, -0.15) is 0 Å². The zero-order valence-electron chi connectivity index (χ0n) is 12.1. The van der Waals surface area contributed by atoms with Crippen molar-refractivity contribution in [1.82, 2.24) is 0 Å². The molecule has 2 fully saturated rings. The van der Waals surface area contributed by atoms with Crippen molar-refractivity contribution < 1.29 is 9.90 Å². The molecule has 4 heteroatoms. The third-order valence-corrected chi connectivity index (χ3v) is 8.99. The summed E-state index contributed by atoms with van der Waals surface area (Å²) in [5.41, 5.74) is -0.0691. The van der Waals surface area contributed by atoms with Gasteiger partial charge in [-0.3, -0.25) is 0 Å². The van der Waals surface area contributed by atoms with Gasteiger partial charge in [0.2, 0.25) is 0 Å². The Balaban J connectivity index is 2.12. The molecule has 2 saturated carbocycles. The first-order valence-corrected chi connectivity index (χ1v) is 8.98. The Kier molecular flexibility index (Phi) is 3.86. The van der Waals surface area contributed by atoms with Gasteiger partial charge in [0.15, 0.2) is 0 Å². The van der Waals surface area contributed by atoms with Crippen molar-refractivity contribution in [3.8, 4) is 6.07 Å². The molecule has 2 aliphatic rings. The number of rotatable bonds is 4. The van der Waals surface area contributed by atoms with Crippen LogP contribution in [0.1, 0.15) is 47.0 Å². The average Bonchev–Trinajstić information content (AvgIpc) is 2.64. The van der Waals surface area contributed by atoms with Gasteiger partial charge in [-0.25, -0.2) is 0 Å². The maximum atomic E-state index is 12.7. The fraction of sp³-hybridized carbons (Fsp3) is 0.867. The van der Waals surface area contributed by atoms with Crippen molar-refractivity contribution >= 4 is 20.7 Å². The molecular formula is C15H23NO2Se. The molecule has 2 aliphatic carbocycles. The van der Waals surface area contributed by atoms with Crippen LogP contribution in [0.15, 0.2) is 0 Å². The Morgan fingerprint density at radius 1 is 1.53 bits per heavy atom. The molecule has 2 bridgehead atoms. The molecule has 2 unspecified atom stereocenters. The van der Waals surface area contributed by atoms with E-state index in [4.69, 9.17) is 5.26 Å². The van der Waals surface area contributed by atoms with Crippen LogP contribution >= 0.6 is 0 Å². The SMILES string of the molecule is CC([Se][C@@H]1C(=O)[C@]2(C)CC[C@H]1C2(C)C)C(O)CC#N. The van der Waals surface area contributed by atoms with E-state index in [1.54, 1.807) is 0 Å². The van der Waals surface area contributed by atoms with E-state index in [9.17, 15) is 9.90 Å². The zero-order chi connectivity index (χ0) is 14.4. The molecule has 1 N–H and O–H groups in total. The Hall–Kier alpha value is -0.361. The van der Waals surface area contributed by atoms with Crippen molar-refractivity contribution in [3.63, 3.8) is 0 Å². The summed E-state index contributed by atoms with van der Waals surface area (Å²) in [4.78, 5) is 12.9. The van der Waals surface area contributed by atoms with Gasteiger partial charge in [0, 0.05) is 0 Å². The van der Waals surface area contributed by atoms with E-state index < -0.39 is 6.10 Å². The monoisotopic (exact) mass is 329 g/mol. The zero-order valence-corrected chi connectivity index (χ0v) is 13.9. The van der Waals surface area contributed by atoms with Crippen LogP contribution in [0.25, 0.3) is 0 Å². The summed E-state index contributed by atoms with van der Waals surface area (Å²) >= 11 is 0.0907. The van der Waals surface area contributed by atoms with Crippen molar-refractivity contribution in [1.29, 1.82) is 5.26 Å². The van der Waals surface area contributed by atoms with Gasteiger partial charge in [0.1, 0.15) is 0 Å². The van der Waals surface area contributed by atoms with Crippen LogP contribution in [0.5, 0.6) is 0 Å². The Bertz CT molecular complexity index is 428. The molecule has 0 aromatic rings. The molecule has 0 saturated heterocycles. The van der Waals surface area contributed by atoms with Gasteiger partial charge in [0.05, 0.1) is 0 Å². The molecule has 2 rings (SSSR count). The predicted molar refractivity (Wildman–Crippen MR) is 74.8 cm³/mol. The van der Waals surface area contributed by atoms with E-state index in [1.807, 2.05) is 13.0 Å². The molecule has 0 aromatic carbocycles. The Morgan fingerprint density at radius 3 is 2.63 bits per heavy atom. The third kappa shape index (κ3) is 2.07. The quantitative estimate of drug-likeness (QED) is 0.807. The molecule has 3 nitrogen and oxygen atoms in total. The number of hydrogen-bond donors (Lipinski definition) is 1. The van der Waals surface area contributed by atoms with Crippen LogP contribution < -0.4 is 0 Å². The molecular weight excluding hydrogens is 305 g/mol. The summed E-state index contributed by atoms with van der Waals surface area (Å²) in [6.45, 7) is 8.57. The fourth-order valence-electron chi connectivity index (χ4n) is 3.74. The number of ketones is 1. The first-order valence-electron chi connectivity index (χ1n) is 7.00. The first kappa shape index (κ1) is 15.0. The van der Waals surface area contributed by atoms with Crippen molar-refractivity contribution in [2.45, 2.75) is 62.7 Å². The van der Waals surface area contributed by atoms with E-state index in [1.165, 1.54) is 0 Å². The summed E-state index contributed by atoms with van der Waals surface area (Å²) in [5.74, 6) is 0.895. The topological polar surface area (TPSA) is 61.1 Å². The average molecular weight is 328 g/mol. The first-order chi connectivity index (χ1) is 8.75. The van der Waals surface area contributed by atoms with Crippen LogP contribution in [0.3, 0.4) is 0 Å². The number of carbonyl (C=O) groups excluding carboxylic acids is 1. The number of aliphatic hydroxyl groups is 1. The van der Waals surface area contributed by atoms with Crippen LogP contribution in [0.2, 0.25) is 9.63 Å². The van der Waals surface area contributed by atoms with E-state index in [0.717, 1.165) is 12.8 Å². The predicted octanol–water partition coefficient (Wildman–Crippen LogP) is 2.59. The van der Waals surface area contributed by atoms with Crippen LogP contribution in [-0.2, 0) is 4.79 Å². The number of aliphatic hydroxyl groups excluding tert-OH is 1.